The maximum atomic E-state index is 9.42. The molecule has 2 rings (SSSR count). The van der Waals surface area contributed by atoms with E-state index in [1.807, 2.05) is 6.20 Å². The van der Waals surface area contributed by atoms with Crippen LogP contribution in [0.15, 0.2) is 16.7 Å². The van der Waals surface area contributed by atoms with Gasteiger partial charge in [-0.25, -0.2) is 4.98 Å². The van der Waals surface area contributed by atoms with Crippen LogP contribution in [0.2, 0.25) is 0 Å². The summed E-state index contributed by atoms with van der Waals surface area (Å²) in [4.78, 5) is 4.33. The number of nitrogens with one attached hydrogen (secondary N) is 1. The van der Waals surface area contributed by atoms with Crippen LogP contribution >= 0.6 is 15.9 Å². The minimum absolute atomic E-state index is 0.0994. The van der Waals surface area contributed by atoms with Gasteiger partial charge in [0.15, 0.2) is 0 Å². The van der Waals surface area contributed by atoms with Gasteiger partial charge in [-0.2, -0.15) is 0 Å². The normalized spacial score (nSPS) is 25.4. The van der Waals surface area contributed by atoms with E-state index in [1.54, 1.807) is 0 Å². The van der Waals surface area contributed by atoms with Gasteiger partial charge >= 0.3 is 0 Å². The van der Waals surface area contributed by atoms with Gasteiger partial charge in [0, 0.05) is 16.7 Å². The van der Waals surface area contributed by atoms with Gasteiger partial charge in [0.25, 0.3) is 0 Å². The molecule has 0 unspecified atom stereocenters. The summed E-state index contributed by atoms with van der Waals surface area (Å²) >= 11 is 3.44. The van der Waals surface area contributed by atoms with Crippen molar-refractivity contribution in [3.63, 3.8) is 0 Å². The van der Waals surface area contributed by atoms with Crippen molar-refractivity contribution in [2.45, 2.75) is 44.8 Å². The highest BCUT2D eigenvalue weighted by atomic mass is 79.9. The molecule has 0 bridgehead atoms. The Kier molecular flexibility index (Phi) is 3.82. The number of pyridine rings is 1. The highest BCUT2D eigenvalue weighted by Crippen LogP contribution is 2.23. The van der Waals surface area contributed by atoms with Crippen molar-refractivity contribution in [3.8, 4) is 0 Å². The number of aromatic nitrogens is 1. The molecule has 0 atom stereocenters. The number of anilines is 1. The molecular weight excluding hydrogens is 268 g/mol. The first kappa shape index (κ1) is 11.9. The number of aliphatic hydroxyl groups excluding tert-OH is 1. The molecule has 88 valence electrons. The summed E-state index contributed by atoms with van der Waals surface area (Å²) in [6.07, 6.45) is 5.57. The maximum Gasteiger partial charge on any atom is 0.126 e. The molecule has 0 saturated heterocycles. The monoisotopic (exact) mass is 284 g/mol. The van der Waals surface area contributed by atoms with Gasteiger partial charge in [-0.05, 0) is 60.2 Å². The summed E-state index contributed by atoms with van der Waals surface area (Å²) in [7, 11) is 0. The Morgan fingerprint density at radius 2 is 2.06 bits per heavy atom. The third-order valence-electron chi connectivity index (χ3n) is 3.10. The molecule has 0 radical (unpaired) electrons. The van der Waals surface area contributed by atoms with E-state index in [0.29, 0.717) is 6.04 Å². The summed E-state index contributed by atoms with van der Waals surface area (Å²) in [5.74, 6) is 0.932. The molecule has 16 heavy (non-hydrogen) atoms. The largest absolute Gasteiger partial charge is 0.393 e. The molecule has 0 aromatic carbocycles. The Morgan fingerprint density at radius 1 is 1.38 bits per heavy atom. The average Bonchev–Trinajstić information content (AvgIpc) is 2.27. The van der Waals surface area contributed by atoms with E-state index in [-0.39, 0.29) is 6.10 Å². The van der Waals surface area contributed by atoms with Crippen LogP contribution in [-0.4, -0.2) is 22.2 Å². The highest BCUT2D eigenvalue weighted by molar-refractivity contribution is 9.10. The highest BCUT2D eigenvalue weighted by Gasteiger charge is 2.19. The molecule has 4 heteroatoms. The van der Waals surface area contributed by atoms with Gasteiger partial charge in [-0.1, -0.05) is 0 Å². The first-order valence-electron chi connectivity index (χ1n) is 5.72. The van der Waals surface area contributed by atoms with E-state index < -0.39 is 0 Å². The summed E-state index contributed by atoms with van der Waals surface area (Å²) in [6.45, 7) is 2.06. The minimum Gasteiger partial charge on any atom is -0.393 e. The van der Waals surface area contributed by atoms with Crippen molar-refractivity contribution >= 4 is 21.7 Å². The number of rotatable bonds is 2. The quantitative estimate of drug-likeness (QED) is 0.878. The van der Waals surface area contributed by atoms with Gasteiger partial charge in [0.2, 0.25) is 0 Å². The third kappa shape index (κ3) is 2.95. The molecular formula is C12H17BrN2O. The predicted octanol–water partition coefficient (Wildman–Crippen LogP) is 2.87. The fraction of sp³-hybridized carbons (Fsp3) is 0.583. The van der Waals surface area contributed by atoms with Crippen molar-refractivity contribution in [1.29, 1.82) is 0 Å². The zero-order valence-corrected chi connectivity index (χ0v) is 11.0. The van der Waals surface area contributed by atoms with Gasteiger partial charge in [0.05, 0.1) is 6.10 Å². The molecule has 0 aliphatic heterocycles. The van der Waals surface area contributed by atoms with Gasteiger partial charge in [-0.15, -0.1) is 0 Å². The molecule has 0 amide bonds. The van der Waals surface area contributed by atoms with Crippen LogP contribution in [0, 0.1) is 6.92 Å². The van der Waals surface area contributed by atoms with Gasteiger partial charge in [-0.3, -0.25) is 0 Å². The topological polar surface area (TPSA) is 45.1 Å². The zero-order chi connectivity index (χ0) is 11.5. The Bertz CT molecular complexity index is 362. The van der Waals surface area contributed by atoms with Crippen molar-refractivity contribution in [2.75, 3.05) is 5.32 Å². The fourth-order valence-corrected chi connectivity index (χ4v) is 2.26. The Hall–Kier alpha value is -0.610. The van der Waals surface area contributed by atoms with Crippen molar-refractivity contribution < 1.29 is 5.11 Å². The molecule has 2 N–H and O–H groups in total. The maximum absolute atomic E-state index is 9.42. The van der Waals surface area contributed by atoms with Crippen LogP contribution in [0.4, 0.5) is 5.82 Å². The second-order valence-electron chi connectivity index (χ2n) is 4.47. The number of halogens is 1. The van der Waals surface area contributed by atoms with E-state index in [0.717, 1.165) is 36.0 Å². The Labute approximate surface area is 104 Å². The van der Waals surface area contributed by atoms with Crippen LogP contribution in [-0.2, 0) is 0 Å². The lowest BCUT2D eigenvalue weighted by Crippen LogP contribution is -2.28. The Balaban J connectivity index is 1.96. The number of hydrogen-bond donors (Lipinski definition) is 2. The molecule has 1 fully saturated rings. The van der Waals surface area contributed by atoms with E-state index in [1.165, 1.54) is 5.56 Å². The molecule has 1 saturated carbocycles. The van der Waals surface area contributed by atoms with Crippen LogP contribution in [0.1, 0.15) is 31.2 Å². The fourth-order valence-electron chi connectivity index (χ4n) is 2.05. The molecule has 1 heterocycles. The van der Waals surface area contributed by atoms with E-state index in [4.69, 9.17) is 0 Å². The molecule has 1 aliphatic rings. The van der Waals surface area contributed by atoms with Crippen LogP contribution < -0.4 is 5.32 Å². The molecule has 1 aliphatic carbocycles. The standard InChI is InChI=1S/C12H17BrN2O/c1-8-6-12(14-7-11(8)13)15-9-2-4-10(16)5-3-9/h6-7,9-10,16H,2-5H2,1H3,(H,14,15). The summed E-state index contributed by atoms with van der Waals surface area (Å²) in [5.41, 5.74) is 1.19. The van der Waals surface area contributed by atoms with E-state index >= 15 is 0 Å². The summed E-state index contributed by atoms with van der Waals surface area (Å²) in [5, 5.41) is 12.9. The molecule has 3 nitrogen and oxygen atoms in total. The number of hydrogen-bond acceptors (Lipinski definition) is 3. The number of aliphatic hydroxyl groups is 1. The lowest BCUT2D eigenvalue weighted by Gasteiger charge is -2.26. The summed E-state index contributed by atoms with van der Waals surface area (Å²) in [6, 6.07) is 2.51. The second-order valence-corrected chi connectivity index (χ2v) is 5.32. The summed E-state index contributed by atoms with van der Waals surface area (Å²) < 4.78 is 1.04. The lowest BCUT2D eigenvalue weighted by atomic mass is 9.93. The second kappa shape index (κ2) is 5.15. The number of aryl methyl sites for hydroxylation is 1. The van der Waals surface area contributed by atoms with Crippen molar-refractivity contribution in [3.05, 3.63) is 22.3 Å². The van der Waals surface area contributed by atoms with Gasteiger partial charge in [0.1, 0.15) is 5.82 Å². The minimum atomic E-state index is -0.0994. The average molecular weight is 285 g/mol. The first-order chi connectivity index (χ1) is 7.65. The van der Waals surface area contributed by atoms with E-state index in [9.17, 15) is 5.11 Å². The molecule has 0 spiro atoms. The SMILES string of the molecule is Cc1cc(NC2CCC(O)CC2)ncc1Br. The predicted molar refractivity (Wildman–Crippen MR) is 68.6 cm³/mol. The zero-order valence-electron chi connectivity index (χ0n) is 9.41. The molecule has 1 aromatic rings. The van der Waals surface area contributed by atoms with Crippen LogP contribution in [0.5, 0.6) is 0 Å². The van der Waals surface area contributed by atoms with Crippen LogP contribution in [0.3, 0.4) is 0 Å². The third-order valence-corrected chi connectivity index (χ3v) is 3.93. The van der Waals surface area contributed by atoms with E-state index in [2.05, 4.69) is 39.2 Å². The number of nitrogens with zero attached hydrogens (tertiary/aromatic N) is 1. The molecule has 1 aromatic heterocycles. The van der Waals surface area contributed by atoms with Crippen LogP contribution in [0.25, 0.3) is 0 Å². The first-order valence-corrected chi connectivity index (χ1v) is 6.51. The van der Waals surface area contributed by atoms with Crippen molar-refractivity contribution in [1.82, 2.24) is 4.98 Å². The smallest absolute Gasteiger partial charge is 0.126 e. The van der Waals surface area contributed by atoms with Crippen molar-refractivity contribution in [2.24, 2.45) is 0 Å². The van der Waals surface area contributed by atoms with Gasteiger partial charge < -0.3 is 10.4 Å². The lowest BCUT2D eigenvalue weighted by molar-refractivity contribution is 0.126. The Morgan fingerprint density at radius 3 is 2.69 bits per heavy atom.